The van der Waals surface area contributed by atoms with E-state index in [1.807, 2.05) is 6.07 Å². The van der Waals surface area contributed by atoms with Crippen LogP contribution in [0.3, 0.4) is 0 Å². The van der Waals surface area contributed by atoms with Crippen molar-refractivity contribution in [2.45, 2.75) is 19.8 Å². The Morgan fingerprint density at radius 2 is 2.00 bits per heavy atom. The fraction of sp³-hybridized carbons (Fsp3) is 0.429. The molecule has 3 heteroatoms. The normalized spacial score (nSPS) is 10.4. The third-order valence-electron chi connectivity index (χ3n) is 1.24. The molecule has 1 aromatic rings. The lowest BCUT2D eigenvalue weighted by atomic mass is 10.1. The summed E-state index contributed by atoms with van der Waals surface area (Å²) in [5, 5.41) is 8.06. The van der Waals surface area contributed by atoms with E-state index in [9.17, 15) is 0 Å². The molecule has 0 N–H and O–H groups in total. The standard InChI is InChI=1S/C7H9ClN2/c1-5(2)6-3-4-7(8)10-9-6/h3-5H,1-2H3. The van der Waals surface area contributed by atoms with Crippen molar-refractivity contribution >= 4 is 11.6 Å². The molecule has 2 nitrogen and oxygen atoms in total. The van der Waals surface area contributed by atoms with Gasteiger partial charge in [-0.05, 0) is 18.1 Å². The predicted octanol–water partition coefficient (Wildman–Crippen LogP) is 2.25. The van der Waals surface area contributed by atoms with Gasteiger partial charge >= 0.3 is 0 Å². The Hall–Kier alpha value is -0.630. The highest BCUT2D eigenvalue weighted by molar-refractivity contribution is 6.29. The highest BCUT2D eigenvalue weighted by Gasteiger charge is 1.99. The molecule has 0 aliphatic carbocycles. The van der Waals surface area contributed by atoms with Crippen LogP contribution in [0.1, 0.15) is 25.5 Å². The summed E-state index contributed by atoms with van der Waals surface area (Å²) in [6.07, 6.45) is 0. The summed E-state index contributed by atoms with van der Waals surface area (Å²) in [5.41, 5.74) is 0.976. The minimum atomic E-state index is 0.421. The van der Waals surface area contributed by atoms with Crippen LogP contribution < -0.4 is 0 Å². The topological polar surface area (TPSA) is 25.8 Å². The van der Waals surface area contributed by atoms with E-state index >= 15 is 0 Å². The maximum Gasteiger partial charge on any atom is 0.151 e. The second kappa shape index (κ2) is 2.97. The van der Waals surface area contributed by atoms with E-state index in [1.165, 1.54) is 0 Å². The molecule has 1 heterocycles. The van der Waals surface area contributed by atoms with E-state index in [4.69, 9.17) is 11.6 Å². The molecule has 0 unspecified atom stereocenters. The Kier molecular flexibility index (Phi) is 2.22. The van der Waals surface area contributed by atoms with Crippen LogP contribution >= 0.6 is 11.6 Å². The summed E-state index contributed by atoms with van der Waals surface area (Å²) >= 11 is 5.54. The van der Waals surface area contributed by atoms with Crippen LogP contribution in [0, 0.1) is 0 Å². The first kappa shape index (κ1) is 7.48. The summed E-state index contributed by atoms with van der Waals surface area (Å²) in [4.78, 5) is 0. The van der Waals surface area contributed by atoms with Crippen LogP contribution in [-0.4, -0.2) is 10.2 Å². The van der Waals surface area contributed by atoms with Gasteiger partial charge in [0.1, 0.15) is 0 Å². The molecule has 0 saturated carbocycles. The average Bonchev–Trinajstić information content (AvgIpc) is 1.88. The summed E-state index contributed by atoms with van der Waals surface area (Å²) < 4.78 is 0. The van der Waals surface area contributed by atoms with E-state index in [0.717, 1.165) is 5.69 Å². The van der Waals surface area contributed by atoms with Gasteiger partial charge in [-0.25, -0.2) is 0 Å². The largest absolute Gasteiger partial charge is 0.154 e. The van der Waals surface area contributed by atoms with Crippen LogP contribution in [0.25, 0.3) is 0 Å². The summed E-state index contributed by atoms with van der Waals surface area (Å²) in [5.74, 6) is 0.421. The zero-order chi connectivity index (χ0) is 7.56. The molecule has 0 saturated heterocycles. The molecular weight excluding hydrogens is 148 g/mol. The third-order valence-corrected chi connectivity index (χ3v) is 1.45. The lowest BCUT2D eigenvalue weighted by Crippen LogP contribution is -1.93. The first-order valence-electron chi connectivity index (χ1n) is 3.19. The van der Waals surface area contributed by atoms with E-state index in [0.29, 0.717) is 11.1 Å². The summed E-state index contributed by atoms with van der Waals surface area (Å²) in [6, 6.07) is 3.64. The molecule has 0 fully saturated rings. The fourth-order valence-corrected chi connectivity index (χ4v) is 0.735. The number of rotatable bonds is 1. The monoisotopic (exact) mass is 156 g/mol. The van der Waals surface area contributed by atoms with Gasteiger partial charge in [-0.2, -0.15) is 5.10 Å². The predicted molar refractivity (Wildman–Crippen MR) is 41.1 cm³/mol. The maximum atomic E-state index is 5.54. The van der Waals surface area contributed by atoms with Gasteiger partial charge in [-0.1, -0.05) is 25.4 Å². The summed E-state index contributed by atoms with van der Waals surface area (Å²) in [7, 11) is 0. The molecule has 0 bridgehead atoms. The highest BCUT2D eigenvalue weighted by Crippen LogP contribution is 2.10. The van der Waals surface area contributed by atoms with Crippen molar-refractivity contribution in [3.63, 3.8) is 0 Å². The van der Waals surface area contributed by atoms with Crippen molar-refractivity contribution in [1.29, 1.82) is 0 Å². The molecule has 0 aromatic carbocycles. The Bertz CT molecular complexity index is 205. The number of aromatic nitrogens is 2. The molecule has 1 rings (SSSR count). The van der Waals surface area contributed by atoms with Crippen LogP contribution in [0.5, 0.6) is 0 Å². The molecule has 0 radical (unpaired) electrons. The van der Waals surface area contributed by atoms with Crippen molar-refractivity contribution in [2.24, 2.45) is 0 Å². The smallest absolute Gasteiger partial charge is 0.151 e. The number of nitrogens with zero attached hydrogens (tertiary/aromatic N) is 2. The van der Waals surface area contributed by atoms with E-state index in [2.05, 4.69) is 24.0 Å². The molecular formula is C7H9ClN2. The van der Waals surface area contributed by atoms with Crippen LogP contribution in [0.15, 0.2) is 12.1 Å². The second-order valence-electron chi connectivity index (χ2n) is 2.44. The lowest BCUT2D eigenvalue weighted by molar-refractivity contribution is 0.785. The van der Waals surface area contributed by atoms with Crippen molar-refractivity contribution in [3.8, 4) is 0 Å². The van der Waals surface area contributed by atoms with E-state index < -0.39 is 0 Å². The molecule has 1 aromatic heterocycles. The number of halogens is 1. The Morgan fingerprint density at radius 3 is 2.40 bits per heavy atom. The first-order valence-corrected chi connectivity index (χ1v) is 3.57. The van der Waals surface area contributed by atoms with Crippen molar-refractivity contribution in [3.05, 3.63) is 23.0 Å². The van der Waals surface area contributed by atoms with E-state index in [-0.39, 0.29) is 0 Å². The molecule has 0 atom stereocenters. The Balaban J connectivity index is 2.89. The van der Waals surface area contributed by atoms with Gasteiger partial charge in [0.15, 0.2) is 5.15 Å². The molecule has 0 aliphatic heterocycles. The first-order chi connectivity index (χ1) is 4.70. The summed E-state index contributed by atoms with van der Waals surface area (Å²) in [6.45, 7) is 4.13. The van der Waals surface area contributed by atoms with Crippen molar-refractivity contribution < 1.29 is 0 Å². The SMILES string of the molecule is CC(C)c1ccc(Cl)nn1. The van der Waals surface area contributed by atoms with Crippen LogP contribution in [-0.2, 0) is 0 Å². The van der Waals surface area contributed by atoms with Crippen LogP contribution in [0.2, 0.25) is 5.15 Å². The van der Waals surface area contributed by atoms with Gasteiger partial charge in [0.2, 0.25) is 0 Å². The molecule has 10 heavy (non-hydrogen) atoms. The molecule has 0 spiro atoms. The molecule has 54 valence electrons. The van der Waals surface area contributed by atoms with Crippen molar-refractivity contribution in [1.82, 2.24) is 10.2 Å². The third kappa shape index (κ3) is 1.67. The minimum Gasteiger partial charge on any atom is -0.154 e. The van der Waals surface area contributed by atoms with Gasteiger partial charge in [0.05, 0.1) is 5.69 Å². The Labute approximate surface area is 65.2 Å². The number of hydrogen-bond donors (Lipinski definition) is 0. The van der Waals surface area contributed by atoms with E-state index in [1.54, 1.807) is 6.07 Å². The minimum absolute atomic E-state index is 0.421. The fourth-order valence-electron chi connectivity index (χ4n) is 0.634. The zero-order valence-electron chi connectivity index (χ0n) is 6.00. The van der Waals surface area contributed by atoms with Gasteiger partial charge in [-0.3, -0.25) is 0 Å². The second-order valence-corrected chi connectivity index (χ2v) is 2.82. The van der Waals surface area contributed by atoms with Gasteiger partial charge in [0.25, 0.3) is 0 Å². The molecule has 0 aliphatic rings. The van der Waals surface area contributed by atoms with Crippen molar-refractivity contribution in [2.75, 3.05) is 0 Å². The number of hydrogen-bond acceptors (Lipinski definition) is 2. The maximum absolute atomic E-state index is 5.54. The van der Waals surface area contributed by atoms with Gasteiger partial charge in [0, 0.05) is 0 Å². The quantitative estimate of drug-likeness (QED) is 0.624. The highest BCUT2D eigenvalue weighted by atomic mass is 35.5. The lowest BCUT2D eigenvalue weighted by Gasteiger charge is -2.00. The molecule has 0 amide bonds. The Morgan fingerprint density at radius 1 is 1.30 bits per heavy atom. The van der Waals surface area contributed by atoms with Gasteiger partial charge < -0.3 is 0 Å². The van der Waals surface area contributed by atoms with Crippen LogP contribution in [0.4, 0.5) is 0 Å². The average molecular weight is 157 g/mol. The van der Waals surface area contributed by atoms with Gasteiger partial charge in [-0.15, -0.1) is 5.10 Å². The zero-order valence-corrected chi connectivity index (χ0v) is 6.76.